The molecule has 0 aliphatic carbocycles. The van der Waals surface area contributed by atoms with E-state index in [1.54, 1.807) is 24.5 Å². The Kier molecular flexibility index (Phi) is 3.27. The predicted molar refractivity (Wildman–Crippen MR) is 67.1 cm³/mol. The minimum absolute atomic E-state index is 0.0323. The normalized spacial score (nSPS) is 11.4. The highest BCUT2D eigenvalue weighted by Gasteiger charge is 2.07. The number of carbonyl (C=O) groups is 1. The average molecular weight is 229 g/mol. The fourth-order valence-electron chi connectivity index (χ4n) is 1.40. The van der Waals surface area contributed by atoms with Crippen molar-refractivity contribution in [1.82, 2.24) is 4.98 Å². The van der Waals surface area contributed by atoms with Gasteiger partial charge in [-0.05, 0) is 47.5 Å². The number of aromatic nitrogens is 1. The second-order valence-corrected chi connectivity index (χ2v) is 4.17. The monoisotopic (exact) mass is 229 g/mol. The maximum atomic E-state index is 11.6. The molecule has 0 bridgehead atoms. The third-order valence-electron chi connectivity index (χ3n) is 2.17. The molecule has 0 saturated heterocycles. The van der Waals surface area contributed by atoms with Crippen LogP contribution in [-0.4, -0.2) is 10.8 Å². The van der Waals surface area contributed by atoms with Crippen molar-refractivity contribution in [1.29, 1.82) is 0 Å². The van der Waals surface area contributed by atoms with Crippen LogP contribution in [0.2, 0.25) is 0 Å². The number of ketones is 1. The minimum atomic E-state index is 0.0323. The fourth-order valence-corrected chi connectivity index (χ4v) is 2.02. The van der Waals surface area contributed by atoms with Gasteiger partial charge >= 0.3 is 0 Å². The molecule has 0 amide bonds. The Morgan fingerprint density at radius 2 is 2.25 bits per heavy atom. The molecule has 2 nitrogen and oxygen atoms in total. The van der Waals surface area contributed by atoms with E-state index in [1.165, 1.54) is 0 Å². The molecule has 0 saturated carbocycles. The summed E-state index contributed by atoms with van der Waals surface area (Å²) in [6.45, 7) is 1.56. The van der Waals surface area contributed by atoms with E-state index >= 15 is 0 Å². The third kappa shape index (κ3) is 2.44. The minimum Gasteiger partial charge on any atom is -0.294 e. The van der Waals surface area contributed by atoms with Crippen molar-refractivity contribution in [2.75, 3.05) is 0 Å². The second kappa shape index (κ2) is 4.86. The molecule has 0 N–H and O–H groups in total. The number of rotatable bonds is 3. The van der Waals surface area contributed by atoms with Crippen molar-refractivity contribution in [2.24, 2.45) is 0 Å². The molecule has 2 heterocycles. The summed E-state index contributed by atoms with van der Waals surface area (Å²) in [5.74, 6) is 0.0323. The van der Waals surface area contributed by atoms with Gasteiger partial charge in [-0.25, -0.2) is 0 Å². The largest absolute Gasteiger partial charge is 0.294 e. The van der Waals surface area contributed by atoms with Crippen molar-refractivity contribution in [3.05, 3.63) is 52.5 Å². The SMILES string of the molecule is CC(=O)/C(=C\c1ccsc1)c1ccccn1. The standard InChI is InChI=1S/C13H11NOS/c1-10(15)12(8-11-5-7-16-9-11)13-4-2-3-6-14-13/h2-9H,1H3/b12-8+. The molecule has 0 aromatic carbocycles. The molecule has 0 aliphatic heterocycles. The van der Waals surface area contributed by atoms with Gasteiger partial charge in [-0.3, -0.25) is 9.78 Å². The summed E-state index contributed by atoms with van der Waals surface area (Å²) >= 11 is 1.61. The molecule has 3 heteroatoms. The van der Waals surface area contributed by atoms with Gasteiger partial charge in [0.15, 0.2) is 5.78 Å². The zero-order chi connectivity index (χ0) is 11.4. The van der Waals surface area contributed by atoms with Crippen molar-refractivity contribution in [3.63, 3.8) is 0 Å². The second-order valence-electron chi connectivity index (χ2n) is 3.39. The van der Waals surface area contributed by atoms with Crippen LogP contribution in [0.5, 0.6) is 0 Å². The highest BCUT2D eigenvalue weighted by molar-refractivity contribution is 7.08. The number of hydrogen-bond acceptors (Lipinski definition) is 3. The van der Waals surface area contributed by atoms with Crippen molar-refractivity contribution in [3.8, 4) is 0 Å². The van der Waals surface area contributed by atoms with Gasteiger partial charge in [0.05, 0.1) is 5.69 Å². The van der Waals surface area contributed by atoms with Gasteiger partial charge in [-0.1, -0.05) is 6.07 Å². The van der Waals surface area contributed by atoms with E-state index in [0.717, 1.165) is 11.3 Å². The summed E-state index contributed by atoms with van der Waals surface area (Å²) in [6, 6.07) is 7.55. The van der Waals surface area contributed by atoms with Crippen molar-refractivity contribution in [2.45, 2.75) is 6.92 Å². The smallest absolute Gasteiger partial charge is 0.161 e. The Balaban J connectivity index is 2.43. The first-order valence-electron chi connectivity index (χ1n) is 4.93. The van der Waals surface area contributed by atoms with Crippen LogP contribution in [0.4, 0.5) is 0 Å². The van der Waals surface area contributed by atoms with Crippen LogP contribution in [0.15, 0.2) is 41.2 Å². The van der Waals surface area contributed by atoms with Gasteiger partial charge < -0.3 is 0 Å². The van der Waals surface area contributed by atoms with Gasteiger partial charge in [0, 0.05) is 11.8 Å². The number of hydrogen-bond donors (Lipinski definition) is 0. The first-order chi connectivity index (χ1) is 7.77. The lowest BCUT2D eigenvalue weighted by Gasteiger charge is -2.01. The fraction of sp³-hybridized carbons (Fsp3) is 0.0769. The van der Waals surface area contributed by atoms with E-state index in [4.69, 9.17) is 0 Å². The summed E-state index contributed by atoms with van der Waals surface area (Å²) in [5, 5.41) is 3.99. The van der Waals surface area contributed by atoms with E-state index in [1.807, 2.05) is 41.1 Å². The summed E-state index contributed by atoms with van der Waals surface area (Å²) in [7, 11) is 0. The molecular formula is C13H11NOS. The lowest BCUT2D eigenvalue weighted by atomic mass is 10.1. The number of nitrogens with zero attached hydrogens (tertiary/aromatic N) is 1. The Labute approximate surface area is 98.3 Å². The lowest BCUT2D eigenvalue weighted by molar-refractivity contribution is -0.111. The quantitative estimate of drug-likeness (QED) is 0.756. The van der Waals surface area contributed by atoms with E-state index < -0.39 is 0 Å². The van der Waals surface area contributed by atoms with Crippen LogP contribution in [-0.2, 0) is 4.79 Å². The number of pyridine rings is 1. The maximum Gasteiger partial charge on any atom is 0.161 e. The zero-order valence-electron chi connectivity index (χ0n) is 8.88. The third-order valence-corrected chi connectivity index (χ3v) is 2.88. The molecule has 2 aromatic heterocycles. The van der Waals surface area contributed by atoms with Crippen LogP contribution in [0.1, 0.15) is 18.2 Å². The maximum absolute atomic E-state index is 11.6. The molecule has 0 atom stereocenters. The van der Waals surface area contributed by atoms with E-state index in [-0.39, 0.29) is 5.78 Å². The van der Waals surface area contributed by atoms with E-state index in [9.17, 15) is 4.79 Å². The summed E-state index contributed by atoms with van der Waals surface area (Å²) in [5.41, 5.74) is 2.42. The highest BCUT2D eigenvalue weighted by Crippen LogP contribution is 2.18. The predicted octanol–water partition coefficient (Wildman–Crippen LogP) is 3.27. The average Bonchev–Trinajstić information content (AvgIpc) is 2.79. The molecule has 0 radical (unpaired) electrons. The molecule has 80 valence electrons. The molecule has 2 rings (SSSR count). The first kappa shape index (κ1) is 10.8. The molecule has 2 aromatic rings. The molecule has 0 unspecified atom stereocenters. The summed E-state index contributed by atoms with van der Waals surface area (Å²) < 4.78 is 0. The Bertz CT molecular complexity index is 500. The number of thiophene rings is 1. The molecular weight excluding hydrogens is 218 g/mol. The Morgan fingerprint density at radius 1 is 1.38 bits per heavy atom. The summed E-state index contributed by atoms with van der Waals surface area (Å²) in [4.78, 5) is 15.8. The Hall–Kier alpha value is -1.74. The van der Waals surface area contributed by atoms with E-state index in [0.29, 0.717) is 5.57 Å². The zero-order valence-corrected chi connectivity index (χ0v) is 9.70. The topological polar surface area (TPSA) is 30.0 Å². The molecule has 0 aliphatic rings. The van der Waals surface area contributed by atoms with Crippen molar-refractivity contribution >= 4 is 28.8 Å². The number of Topliss-reactive ketones (excluding diaryl/α,β-unsaturated/α-hetero) is 1. The van der Waals surface area contributed by atoms with Gasteiger partial charge in [0.25, 0.3) is 0 Å². The summed E-state index contributed by atoms with van der Waals surface area (Å²) in [6.07, 6.45) is 3.57. The van der Waals surface area contributed by atoms with E-state index in [2.05, 4.69) is 4.98 Å². The number of allylic oxidation sites excluding steroid dienone is 1. The van der Waals surface area contributed by atoms with Gasteiger partial charge in [-0.2, -0.15) is 11.3 Å². The lowest BCUT2D eigenvalue weighted by Crippen LogP contribution is -1.97. The van der Waals surface area contributed by atoms with Gasteiger partial charge in [0.2, 0.25) is 0 Å². The Morgan fingerprint density at radius 3 is 2.81 bits per heavy atom. The van der Waals surface area contributed by atoms with Crippen LogP contribution < -0.4 is 0 Å². The van der Waals surface area contributed by atoms with Crippen LogP contribution in [0.25, 0.3) is 11.6 Å². The van der Waals surface area contributed by atoms with Crippen LogP contribution >= 0.6 is 11.3 Å². The van der Waals surface area contributed by atoms with Crippen LogP contribution in [0, 0.1) is 0 Å². The molecule has 0 spiro atoms. The van der Waals surface area contributed by atoms with Gasteiger partial charge in [0.1, 0.15) is 0 Å². The highest BCUT2D eigenvalue weighted by atomic mass is 32.1. The van der Waals surface area contributed by atoms with Crippen molar-refractivity contribution < 1.29 is 4.79 Å². The van der Waals surface area contributed by atoms with Crippen LogP contribution in [0.3, 0.4) is 0 Å². The molecule has 0 fully saturated rings. The number of carbonyl (C=O) groups excluding carboxylic acids is 1. The molecule has 16 heavy (non-hydrogen) atoms. The van der Waals surface area contributed by atoms with Gasteiger partial charge in [-0.15, -0.1) is 0 Å². The first-order valence-corrected chi connectivity index (χ1v) is 5.88.